The van der Waals surface area contributed by atoms with Gasteiger partial charge in [0.15, 0.2) is 5.12 Å². The van der Waals surface area contributed by atoms with Crippen LogP contribution in [0.3, 0.4) is 0 Å². The molecule has 2 nitrogen and oxygen atoms in total. The summed E-state index contributed by atoms with van der Waals surface area (Å²) >= 11 is 1.33. The number of nitrogens with one attached hydrogen (secondary N) is 1. The van der Waals surface area contributed by atoms with Crippen molar-refractivity contribution in [2.45, 2.75) is 13.8 Å². The fraction of sp³-hybridized carbons (Fsp3) is 0.214. The average Bonchev–Trinajstić information content (AvgIpc) is 2.67. The Morgan fingerprint density at radius 2 is 2.29 bits per heavy atom. The highest BCUT2D eigenvalue weighted by Gasteiger charge is 2.00. The van der Waals surface area contributed by atoms with Crippen molar-refractivity contribution in [1.82, 2.24) is 4.98 Å². The molecule has 0 bridgehead atoms. The molecule has 0 fully saturated rings. The van der Waals surface area contributed by atoms with E-state index in [4.69, 9.17) is 0 Å². The van der Waals surface area contributed by atoms with Crippen LogP contribution in [-0.4, -0.2) is 15.9 Å². The molecule has 0 spiro atoms. The van der Waals surface area contributed by atoms with E-state index in [2.05, 4.69) is 36.2 Å². The van der Waals surface area contributed by atoms with Gasteiger partial charge in [0, 0.05) is 29.8 Å². The van der Waals surface area contributed by atoms with E-state index in [0.29, 0.717) is 0 Å². The minimum absolute atomic E-state index is 0.157. The number of aromatic amines is 1. The van der Waals surface area contributed by atoms with Crippen LogP contribution in [0.4, 0.5) is 0 Å². The van der Waals surface area contributed by atoms with Gasteiger partial charge >= 0.3 is 0 Å². The Hall–Kier alpha value is -1.48. The predicted octanol–water partition coefficient (Wildman–Crippen LogP) is 3.77. The van der Waals surface area contributed by atoms with Crippen LogP contribution in [0.2, 0.25) is 0 Å². The van der Waals surface area contributed by atoms with Gasteiger partial charge in [-0.25, -0.2) is 0 Å². The standard InChI is InChI=1S/C14H15NOS/c1-10-5-6-14-13(8-10)12(9-15-14)4-3-7-17-11(2)16/h3-6,8-9,15H,7H2,1-2H3. The summed E-state index contributed by atoms with van der Waals surface area (Å²) in [5.74, 6) is 0.730. The third-order valence-corrected chi connectivity index (χ3v) is 3.32. The molecule has 2 aromatic rings. The van der Waals surface area contributed by atoms with E-state index < -0.39 is 0 Å². The fourth-order valence-electron chi connectivity index (χ4n) is 1.73. The molecule has 1 aromatic carbocycles. The van der Waals surface area contributed by atoms with E-state index in [9.17, 15) is 4.79 Å². The van der Waals surface area contributed by atoms with Crippen molar-refractivity contribution in [2.24, 2.45) is 0 Å². The zero-order chi connectivity index (χ0) is 12.3. The largest absolute Gasteiger partial charge is 0.361 e. The maximum atomic E-state index is 10.8. The Kier molecular flexibility index (Phi) is 3.69. The molecule has 2 rings (SSSR count). The Morgan fingerprint density at radius 1 is 1.47 bits per heavy atom. The van der Waals surface area contributed by atoms with Crippen LogP contribution < -0.4 is 0 Å². The quantitative estimate of drug-likeness (QED) is 0.892. The van der Waals surface area contributed by atoms with Crippen LogP contribution >= 0.6 is 11.8 Å². The van der Waals surface area contributed by atoms with Crippen LogP contribution in [0.25, 0.3) is 17.0 Å². The highest BCUT2D eigenvalue weighted by Crippen LogP contribution is 2.21. The molecule has 0 saturated heterocycles. The Balaban J connectivity index is 2.18. The minimum Gasteiger partial charge on any atom is -0.361 e. The van der Waals surface area contributed by atoms with Gasteiger partial charge in [-0.2, -0.15) is 0 Å². The Bertz CT molecular complexity index is 569. The molecule has 88 valence electrons. The van der Waals surface area contributed by atoms with Gasteiger partial charge in [0.1, 0.15) is 0 Å². The Morgan fingerprint density at radius 3 is 3.06 bits per heavy atom. The summed E-state index contributed by atoms with van der Waals surface area (Å²) < 4.78 is 0. The van der Waals surface area contributed by atoms with E-state index in [1.165, 1.54) is 28.3 Å². The SMILES string of the molecule is CC(=O)SCC=Cc1c[nH]c2ccc(C)cc12. The zero-order valence-electron chi connectivity index (χ0n) is 9.99. The summed E-state index contributed by atoms with van der Waals surface area (Å²) in [5.41, 5.74) is 3.58. The van der Waals surface area contributed by atoms with Crippen molar-refractivity contribution in [3.63, 3.8) is 0 Å². The molecule has 0 saturated carbocycles. The summed E-state index contributed by atoms with van der Waals surface area (Å²) in [4.78, 5) is 14.0. The number of benzene rings is 1. The molecule has 0 radical (unpaired) electrons. The zero-order valence-corrected chi connectivity index (χ0v) is 10.8. The molecule has 1 N–H and O–H groups in total. The first-order valence-corrected chi connectivity index (χ1v) is 6.53. The normalized spacial score (nSPS) is 11.4. The fourth-order valence-corrected chi connectivity index (χ4v) is 2.16. The molecule has 0 aliphatic heterocycles. The molecule has 0 aliphatic rings. The lowest BCUT2D eigenvalue weighted by Gasteiger charge is -1.94. The highest BCUT2D eigenvalue weighted by atomic mass is 32.2. The number of aryl methyl sites for hydroxylation is 1. The number of thioether (sulfide) groups is 1. The lowest BCUT2D eigenvalue weighted by atomic mass is 10.1. The summed E-state index contributed by atoms with van der Waals surface area (Å²) in [5, 5.41) is 1.39. The van der Waals surface area contributed by atoms with Crippen molar-refractivity contribution in [1.29, 1.82) is 0 Å². The van der Waals surface area contributed by atoms with Gasteiger partial charge in [-0.1, -0.05) is 35.5 Å². The number of carbonyl (C=O) groups is 1. The second-order valence-corrected chi connectivity index (χ2v) is 5.19. The molecule has 1 heterocycles. The van der Waals surface area contributed by atoms with Crippen LogP contribution in [-0.2, 0) is 4.79 Å². The third-order valence-electron chi connectivity index (χ3n) is 2.55. The van der Waals surface area contributed by atoms with Crippen molar-refractivity contribution in [3.05, 3.63) is 41.6 Å². The molecule has 0 unspecified atom stereocenters. The van der Waals surface area contributed by atoms with Crippen molar-refractivity contribution >= 4 is 33.9 Å². The maximum Gasteiger partial charge on any atom is 0.186 e. The van der Waals surface area contributed by atoms with E-state index in [-0.39, 0.29) is 5.12 Å². The van der Waals surface area contributed by atoms with E-state index in [1.54, 1.807) is 6.92 Å². The summed E-state index contributed by atoms with van der Waals surface area (Å²) in [6, 6.07) is 6.36. The first-order valence-electron chi connectivity index (χ1n) is 5.54. The number of rotatable bonds is 3. The van der Waals surface area contributed by atoms with E-state index in [0.717, 1.165) is 11.3 Å². The minimum atomic E-state index is 0.157. The van der Waals surface area contributed by atoms with Crippen molar-refractivity contribution < 1.29 is 4.79 Å². The van der Waals surface area contributed by atoms with Crippen LogP contribution in [0, 0.1) is 6.92 Å². The van der Waals surface area contributed by atoms with Crippen LogP contribution in [0.5, 0.6) is 0 Å². The smallest absolute Gasteiger partial charge is 0.186 e. The van der Waals surface area contributed by atoms with Gasteiger partial charge in [-0.05, 0) is 24.6 Å². The van der Waals surface area contributed by atoms with Gasteiger partial charge in [-0.15, -0.1) is 0 Å². The summed E-state index contributed by atoms with van der Waals surface area (Å²) in [7, 11) is 0. The highest BCUT2D eigenvalue weighted by molar-refractivity contribution is 8.13. The molecule has 17 heavy (non-hydrogen) atoms. The topological polar surface area (TPSA) is 32.9 Å². The van der Waals surface area contributed by atoms with Gasteiger partial charge in [0.2, 0.25) is 0 Å². The van der Waals surface area contributed by atoms with Crippen molar-refractivity contribution in [3.8, 4) is 0 Å². The van der Waals surface area contributed by atoms with E-state index >= 15 is 0 Å². The van der Waals surface area contributed by atoms with Crippen LogP contribution in [0.1, 0.15) is 18.1 Å². The van der Waals surface area contributed by atoms with Gasteiger partial charge < -0.3 is 4.98 Å². The summed E-state index contributed by atoms with van der Waals surface area (Å²) in [6.07, 6.45) is 6.09. The van der Waals surface area contributed by atoms with Gasteiger partial charge in [0.05, 0.1) is 0 Å². The number of hydrogen-bond acceptors (Lipinski definition) is 2. The molecular formula is C14H15NOS. The number of hydrogen-bond donors (Lipinski definition) is 1. The molecule has 3 heteroatoms. The van der Waals surface area contributed by atoms with E-state index in [1.807, 2.05) is 12.3 Å². The number of carbonyl (C=O) groups excluding carboxylic acids is 1. The predicted molar refractivity (Wildman–Crippen MR) is 75.2 cm³/mol. The number of H-pyrrole nitrogens is 1. The number of aromatic nitrogens is 1. The second kappa shape index (κ2) is 5.23. The molecule has 0 amide bonds. The maximum absolute atomic E-state index is 10.8. The second-order valence-electron chi connectivity index (χ2n) is 4.00. The summed E-state index contributed by atoms with van der Waals surface area (Å²) in [6.45, 7) is 3.68. The lowest BCUT2D eigenvalue weighted by Crippen LogP contribution is -1.81. The van der Waals surface area contributed by atoms with Gasteiger partial charge in [-0.3, -0.25) is 4.79 Å². The first kappa shape index (κ1) is 12.0. The third kappa shape index (κ3) is 3.01. The van der Waals surface area contributed by atoms with Crippen LogP contribution in [0.15, 0.2) is 30.5 Å². The monoisotopic (exact) mass is 245 g/mol. The molecule has 0 atom stereocenters. The number of fused-ring (bicyclic) bond motifs is 1. The molecule has 1 aromatic heterocycles. The lowest BCUT2D eigenvalue weighted by molar-refractivity contribution is -0.109. The first-order chi connectivity index (χ1) is 8.16. The molecular weight excluding hydrogens is 230 g/mol. The van der Waals surface area contributed by atoms with Crippen molar-refractivity contribution in [2.75, 3.05) is 5.75 Å². The Labute approximate surface area is 105 Å². The molecule has 0 aliphatic carbocycles. The average molecular weight is 245 g/mol. The van der Waals surface area contributed by atoms with Gasteiger partial charge in [0.25, 0.3) is 0 Å².